The molecule has 2 N–H and O–H groups in total. The fourth-order valence-corrected chi connectivity index (χ4v) is 4.49. The van der Waals surface area contributed by atoms with Gasteiger partial charge in [0.1, 0.15) is 18.2 Å². The number of fused-ring (bicyclic) bond motifs is 1. The molecule has 0 saturated carbocycles. The molecule has 7 nitrogen and oxygen atoms in total. The van der Waals surface area contributed by atoms with Crippen LogP contribution in [0.3, 0.4) is 0 Å². The molecule has 0 aromatic heterocycles. The zero-order valence-corrected chi connectivity index (χ0v) is 23.8. The summed E-state index contributed by atoms with van der Waals surface area (Å²) < 4.78 is 5.31. The van der Waals surface area contributed by atoms with Gasteiger partial charge in [-0.05, 0) is 68.1 Å². The summed E-state index contributed by atoms with van der Waals surface area (Å²) in [4.78, 5) is 41.4. The standard InChI is InChI=1S/C32H41N3O4/c1-6-7-8-13-20-35(28(36)22-33-31(38)39-32(3,4)5)29(27-17-12-9-14-23(27)2)30(37)34-26-19-18-24-15-10-11-16-25(24)21-26/h9-12,14-19,21,29H,6-8,13,20,22H2,1-5H3,(H,33,38)(H,34,37). The first kappa shape index (κ1) is 29.7. The summed E-state index contributed by atoms with van der Waals surface area (Å²) in [6.07, 6.45) is 3.10. The lowest BCUT2D eigenvalue weighted by Gasteiger charge is -2.32. The summed E-state index contributed by atoms with van der Waals surface area (Å²) in [5, 5.41) is 7.70. The van der Waals surface area contributed by atoms with Gasteiger partial charge < -0.3 is 20.3 Å². The van der Waals surface area contributed by atoms with E-state index >= 15 is 0 Å². The van der Waals surface area contributed by atoms with Crippen LogP contribution in [0.25, 0.3) is 10.8 Å². The molecule has 7 heteroatoms. The van der Waals surface area contributed by atoms with E-state index in [0.29, 0.717) is 12.2 Å². The number of carbonyl (C=O) groups is 3. The van der Waals surface area contributed by atoms with Crippen molar-refractivity contribution in [2.75, 3.05) is 18.4 Å². The van der Waals surface area contributed by atoms with E-state index < -0.39 is 17.7 Å². The Morgan fingerprint density at radius 1 is 0.897 bits per heavy atom. The number of hydrogen-bond donors (Lipinski definition) is 2. The normalized spacial score (nSPS) is 12.0. The van der Waals surface area contributed by atoms with Crippen molar-refractivity contribution in [2.45, 2.75) is 71.9 Å². The highest BCUT2D eigenvalue weighted by molar-refractivity contribution is 6.00. The molecular formula is C32H41N3O4. The minimum Gasteiger partial charge on any atom is -0.444 e. The maximum Gasteiger partial charge on any atom is 0.408 e. The van der Waals surface area contributed by atoms with Gasteiger partial charge in [0, 0.05) is 12.2 Å². The van der Waals surface area contributed by atoms with Crippen LogP contribution in [0.2, 0.25) is 0 Å². The van der Waals surface area contributed by atoms with Crippen molar-refractivity contribution in [3.8, 4) is 0 Å². The molecule has 0 aliphatic heterocycles. The van der Waals surface area contributed by atoms with E-state index in [1.165, 1.54) is 0 Å². The first-order valence-electron chi connectivity index (χ1n) is 13.7. The van der Waals surface area contributed by atoms with Crippen molar-refractivity contribution in [3.05, 3.63) is 77.9 Å². The van der Waals surface area contributed by atoms with Gasteiger partial charge in [0.15, 0.2) is 0 Å². The number of rotatable bonds is 11. The molecule has 3 aromatic rings. The Morgan fingerprint density at radius 2 is 1.59 bits per heavy atom. The number of benzene rings is 3. The number of nitrogens with one attached hydrogen (secondary N) is 2. The van der Waals surface area contributed by atoms with Gasteiger partial charge in [-0.3, -0.25) is 9.59 Å². The monoisotopic (exact) mass is 531 g/mol. The summed E-state index contributed by atoms with van der Waals surface area (Å²) >= 11 is 0. The number of aryl methyl sites for hydroxylation is 1. The summed E-state index contributed by atoms with van der Waals surface area (Å²) in [6, 6.07) is 20.4. The van der Waals surface area contributed by atoms with Gasteiger partial charge in [-0.25, -0.2) is 4.79 Å². The van der Waals surface area contributed by atoms with Crippen LogP contribution < -0.4 is 10.6 Å². The van der Waals surface area contributed by atoms with Crippen molar-refractivity contribution in [3.63, 3.8) is 0 Å². The molecule has 208 valence electrons. The van der Waals surface area contributed by atoms with Crippen LogP contribution in [0.15, 0.2) is 66.7 Å². The molecular weight excluding hydrogens is 490 g/mol. The van der Waals surface area contributed by atoms with E-state index in [4.69, 9.17) is 4.74 Å². The van der Waals surface area contributed by atoms with Crippen molar-refractivity contribution >= 4 is 34.4 Å². The molecule has 0 fully saturated rings. The van der Waals surface area contributed by atoms with Gasteiger partial charge in [0.05, 0.1) is 0 Å². The third-order valence-electron chi connectivity index (χ3n) is 6.42. The van der Waals surface area contributed by atoms with Crippen molar-refractivity contribution in [1.29, 1.82) is 0 Å². The Kier molecular flexibility index (Phi) is 10.5. The number of nitrogens with zero attached hydrogens (tertiary/aromatic N) is 1. The maximum absolute atomic E-state index is 13.9. The van der Waals surface area contributed by atoms with Crippen molar-refractivity contribution < 1.29 is 19.1 Å². The molecule has 0 aliphatic rings. The average molecular weight is 532 g/mol. The quantitative estimate of drug-likeness (QED) is 0.268. The minimum atomic E-state index is -0.868. The lowest BCUT2D eigenvalue weighted by Crippen LogP contribution is -2.47. The van der Waals surface area contributed by atoms with Crippen molar-refractivity contribution in [2.24, 2.45) is 0 Å². The van der Waals surface area contributed by atoms with Gasteiger partial charge in [-0.1, -0.05) is 80.8 Å². The van der Waals surface area contributed by atoms with Gasteiger partial charge in [-0.15, -0.1) is 0 Å². The molecule has 0 aliphatic carbocycles. The SMILES string of the molecule is CCCCCCN(C(=O)CNC(=O)OC(C)(C)C)C(C(=O)Nc1ccc2ccccc2c1)c1ccccc1C. The van der Waals surface area contributed by atoms with Gasteiger partial charge in [0.2, 0.25) is 5.91 Å². The zero-order chi connectivity index (χ0) is 28.4. The van der Waals surface area contributed by atoms with E-state index in [1.807, 2.05) is 73.7 Å². The van der Waals surface area contributed by atoms with Crippen LogP contribution in [-0.2, 0) is 14.3 Å². The molecule has 3 aromatic carbocycles. The van der Waals surface area contributed by atoms with Crippen LogP contribution in [-0.4, -0.2) is 41.5 Å². The largest absolute Gasteiger partial charge is 0.444 e. The molecule has 0 saturated heterocycles. The fraction of sp³-hybridized carbons (Fsp3) is 0.406. The third-order valence-corrected chi connectivity index (χ3v) is 6.42. The van der Waals surface area contributed by atoms with E-state index in [1.54, 1.807) is 25.7 Å². The second-order valence-electron chi connectivity index (χ2n) is 10.8. The highest BCUT2D eigenvalue weighted by Gasteiger charge is 2.32. The highest BCUT2D eigenvalue weighted by atomic mass is 16.6. The first-order chi connectivity index (χ1) is 18.6. The number of ether oxygens (including phenoxy) is 1. The van der Waals surface area contributed by atoms with E-state index in [-0.39, 0.29) is 18.4 Å². The Morgan fingerprint density at radius 3 is 2.28 bits per heavy atom. The van der Waals surface area contributed by atoms with E-state index in [0.717, 1.165) is 47.6 Å². The predicted octanol–water partition coefficient (Wildman–Crippen LogP) is 6.76. The third kappa shape index (κ3) is 8.84. The summed E-state index contributed by atoms with van der Waals surface area (Å²) in [7, 11) is 0. The number of carbonyl (C=O) groups excluding carboxylic acids is 3. The number of alkyl carbamates (subject to hydrolysis) is 1. The minimum absolute atomic E-state index is 0.270. The van der Waals surface area contributed by atoms with E-state index in [2.05, 4.69) is 17.6 Å². The number of unbranched alkanes of at least 4 members (excludes halogenated alkanes) is 3. The molecule has 3 rings (SSSR count). The zero-order valence-electron chi connectivity index (χ0n) is 23.8. The van der Waals surface area contributed by atoms with Gasteiger partial charge in [-0.2, -0.15) is 0 Å². The van der Waals surface area contributed by atoms with Crippen molar-refractivity contribution in [1.82, 2.24) is 10.2 Å². The summed E-state index contributed by atoms with van der Waals surface area (Å²) in [5.41, 5.74) is 1.62. The second-order valence-corrected chi connectivity index (χ2v) is 10.8. The Balaban J connectivity index is 1.91. The van der Waals surface area contributed by atoms with Crippen LogP contribution >= 0.6 is 0 Å². The average Bonchev–Trinajstić information content (AvgIpc) is 2.88. The number of hydrogen-bond acceptors (Lipinski definition) is 4. The second kappa shape index (κ2) is 13.8. The summed E-state index contributed by atoms with van der Waals surface area (Å²) in [5.74, 6) is -0.653. The Hall–Kier alpha value is -3.87. The molecule has 0 spiro atoms. The number of amides is 3. The Labute approximate surface area is 231 Å². The Bertz CT molecular complexity index is 1280. The smallest absolute Gasteiger partial charge is 0.408 e. The fourth-order valence-electron chi connectivity index (χ4n) is 4.49. The van der Waals surface area contributed by atoms with Crippen LogP contribution in [0, 0.1) is 6.92 Å². The molecule has 0 radical (unpaired) electrons. The van der Waals surface area contributed by atoms with Gasteiger partial charge in [0.25, 0.3) is 5.91 Å². The highest BCUT2D eigenvalue weighted by Crippen LogP contribution is 2.28. The predicted molar refractivity (Wildman–Crippen MR) is 157 cm³/mol. The van der Waals surface area contributed by atoms with Gasteiger partial charge >= 0.3 is 6.09 Å². The molecule has 0 bridgehead atoms. The van der Waals surface area contributed by atoms with Crippen LogP contribution in [0.4, 0.5) is 10.5 Å². The lowest BCUT2D eigenvalue weighted by molar-refractivity contribution is -0.138. The van der Waals surface area contributed by atoms with E-state index in [9.17, 15) is 14.4 Å². The first-order valence-corrected chi connectivity index (χ1v) is 13.7. The van der Waals surface area contributed by atoms with Crippen LogP contribution in [0.5, 0.6) is 0 Å². The molecule has 0 heterocycles. The summed E-state index contributed by atoms with van der Waals surface area (Å²) in [6.45, 7) is 9.47. The molecule has 39 heavy (non-hydrogen) atoms. The topological polar surface area (TPSA) is 87.7 Å². The maximum atomic E-state index is 13.9. The molecule has 3 amide bonds. The molecule has 1 atom stereocenters. The number of anilines is 1. The lowest BCUT2D eigenvalue weighted by atomic mass is 9.98. The van der Waals surface area contributed by atoms with Crippen LogP contribution in [0.1, 0.15) is 70.5 Å². The molecule has 1 unspecified atom stereocenters.